The fourth-order valence-electron chi connectivity index (χ4n) is 1.69. The molecule has 1 rings (SSSR count). The molecule has 1 aromatic heterocycles. The van der Waals surface area contributed by atoms with E-state index in [2.05, 4.69) is 26.2 Å². The second-order valence-corrected chi connectivity index (χ2v) is 5.01. The first kappa shape index (κ1) is 15.8. The highest BCUT2D eigenvalue weighted by Crippen LogP contribution is 2.01. The van der Waals surface area contributed by atoms with Gasteiger partial charge in [0, 0.05) is 12.1 Å². The van der Waals surface area contributed by atoms with Crippen LogP contribution in [0.3, 0.4) is 0 Å². The number of aromatic nitrogens is 2. The molecule has 0 aliphatic heterocycles. The molecule has 1 unspecified atom stereocenters. The van der Waals surface area contributed by atoms with Crippen molar-refractivity contribution >= 4 is 12.1 Å². The summed E-state index contributed by atoms with van der Waals surface area (Å²) < 4.78 is 0. The number of aryl methyl sites for hydroxylation is 1. The molecule has 0 aromatic carbocycles. The van der Waals surface area contributed by atoms with Crippen molar-refractivity contribution in [1.29, 1.82) is 0 Å². The van der Waals surface area contributed by atoms with Gasteiger partial charge in [-0.2, -0.15) is 5.10 Å². The van der Waals surface area contributed by atoms with Crippen LogP contribution in [0.25, 0.3) is 0 Å². The molecule has 0 radical (unpaired) electrons. The van der Waals surface area contributed by atoms with Crippen LogP contribution in [0.2, 0.25) is 0 Å². The molecule has 1 atom stereocenters. The van der Waals surface area contributed by atoms with Gasteiger partial charge in [-0.25, -0.2) is 10.2 Å². The predicted octanol–water partition coefficient (Wildman–Crippen LogP) is -1.52. The maximum absolute atomic E-state index is 11.7. The number of hydrazone groups is 1. The average Bonchev–Trinajstić information content (AvgIpc) is 2.31. The van der Waals surface area contributed by atoms with E-state index in [-0.39, 0.29) is 11.5 Å². The van der Waals surface area contributed by atoms with E-state index in [1.165, 1.54) is 6.21 Å². The molecule has 8 nitrogen and oxygen atoms in total. The molecule has 0 saturated heterocycles. The molecule has 0 fully saturated rings. The summed E-state index contributed by atoms with van der Waals surface area (Å²) in [6.07, 6.45) is 1.85. The molecular formula is C12H20N5O3+. The molecule has 1 aromatic rings. The van der Waals surface area contributed by atoms with Gasteiger partial charge in [0.25, 0.3) is 11.5 Å². The van der Waals surface area contributed by atoms with Crippen molar-refractivity contribution in [2.24, 2.45) is 11.0 Å². The van der Waals surface area contributed by atoms with E-state index < -0.39 is 17.3 Å². The molecule has 0 spiro atoms. The van der Waals surface area contributed by atoms with E-state index in [1.807, 2.05) is 13.8 Å². The number of carbonyl (C=O) groups excluding carboxylic acids is 1. The Labute approximate surface area is 115 Å². The third kappa shape index (κ3) is 4.47. The molecule has 0 aliphatic rings. The van der Waals surface area contributed by atoms with Crippen LogP contribution >= 0.6 is 0 Å². The number of nitrogens with one attached hydrogen (secondary N) is 3. The lowest BCUT2D eigenvalue weighted by molar-refractivity contribution is -0.406. The van der Waals surface area contributed by atoms with Crippen molar-refractivity contribution in [3.8, 4) is 0 Å². The van der Waals surface area contributed by atoms with Crippen LogP contribution in [-0.2, 0) is 4.79 Å². The highest BCUT2D eigenvalue weighted by atomic mass is 16.2. The van der Waals surface area contributed by atoms with Crippen LogP contribution < -0.4 is 22.4 Å². The maximum atomic E-state index is 11.7. The predicted molar refractivity (Wildman–Crippen MR) is 74.3 cm³/mol. The standard InChI is InChI=1S/C12H19N5O3/c1-6(2)4-9(13)11(19)17-14-5-8-7(3)15-12(20)16-10(8)18/h5-6,9H,4,13H2,1-3H3,(H,17,19)(H2,15,16,18,20)/p+1/b14-5+. The zero-order valence-corrected chi connectivity index (χ0v) is 11.8. The summed E-state index contributed by atoms with van der Waals surface area (Å²) in [4.78, 5) is 38.7. The minimum absolute atomic E-state index is 0.189. The monoisotopic (exact) mass is 282 g/mol. The van der Waals surface area contributed by atoms with Crippen LogP contribution in [-0.4, -0.2) is 28.1 Å². The average molecular weight is 282 g/mol. The number of carbonyl (C=O) groups is 1. The van der Waals surface area contributed by atoms with Crippen molar-refractivity contribution in [2.45, 2.75) is 33.2 Å². The van der Waals surface area contributed by atoms with Crippen molar-refractivity contribution < 1.29 is 10.5 Å². The summed E-state index contributed by atoms with van der Waals surface area (Å²) in [6.45, 7) is 5.57. The van der Waals surface area contributed by atoms with Gasteiger partial charge in [0.15, 0.2) is 6.04 Å². The van der Waals surface area contributed by atoms with E-state index in [4.69, 9.17) is 0 Å². The van der Waals surface area contributed by atoms with Gasteiger partial charge in [-0.3, -0.25) is 14.6 Å². The van der Waals surface area contributed by atoms with E-state index in [0.717, 1.165) is 0 Å². The third-order valence-electron chi connectivity index (χ3n) is 2.67. The number of rotatable bonds is 5. The first-order valence-electron chi connectivity index (χ1n) is 6.30. The van der Waals surface area contributed by atoms with Gasteiger partial charge in [-0.15, -0.1) is 0 Å². The molecule has 0 aliphatic carbocycles. The quantitative estimate of drug-likeness (QED) is 0.385. The third-order valence-corrected chi connectivity index (χ3v) is 2.67. The second-order valence-electron chi connectivity index (χ2n) is 5.01. The second kappa shape index (κ2) is 6.80. The lowest BCUT2D eigenvalue weighted by Crippen LogP contribution is -2.67. The zero-order valence-electron chi connectivity index (χ0n) is 11.8. The fourth-order valence-corrected chi connectivity index (χ4v) is 1.69. The van der Waals surface area contributed by atoms with Gasteiger partial charge in [-0.05, 0) is 12.8 Å². The fraction of sp³-hybridized carbons (Fsp3) is 0.500. The topological polar surface area (TPSA) is 135 Å². The highest BCUT2D eigenvalue weighted by Gasteiger charge is 2.17. The lowest BCUT2D eigenvalue weighted by atomic mass is 10.0. The minimum atomic E-state index is -0.580. The molecule has 0 saturated carbocycles. The molecular weight excluding hydrogens is 262 g/mol. The number of amides is 1. The Morgan fingerprint density at radius 3 is 2.60 bits per heavy atom. The largest absolute Gasteiger partial charge is 0.347 e. The van der Waals surface area contributed by atoms with Crippen molar-refractivity contribution in [3.63, 3.8) is 0 Å². The van der Waals surface area contributed by atoms with Crippen LogP contribution in [0.5, 0.6) is 0 Å². The highest BCUT2D eigenvalue weighted by molar-refractivity contribution is 5.84. The Hall–Kier alpha value is -2.22. The Bertz CT molecular complexity index is 614. The van der Waals surface area contributed by atoms with Crippen molar-refractivity contribution in [1.82, 2.24) is 15.4 Å². The van der Waals surface area contributed by atoms with Crippen LogP contribution in [0.4, 0.5) is 0 Å². The number of nitrogens with zero attached hydrogens (tertiary/aromatic N) is 1. The minimum Gasteiger partial charge on any atom is -0.347 e. The summed E-state index contributed by atoms with van der Waals surface area (Å²) in [5, 5.41) is 3.71. The number of hydrogen-bond donors (Lipinski definition) is 4. The number of quaternary nitrogens is 1. The number of aromatic amines is 2. The molecule has 1 heterocycles. The molecule has 110 valence electrons. The van der Waals surface area contributed by atoms with Gasteiger partial charge in [-0.1, -0.05) is 13.8 Å². The Balaban J connectivity index is 2.73. The summed E-state index contributed by atoms with van der Waals surface area (Å²) in [6, 6.07) is -0.401. The van der Waals surface area contributed by atoms with Gasteiger partial charge in [0.05, 0.1) is 11.8 Å². The zero-order chi connectivity index (χ0) is 15.3. The normalized spacial score (nSPS) is 12.8. The van der Waals surface area contributed by atoms with Crippen LogP contribution in [0.1, 0.15) is 31.5 Å². The first-order valence-corrected chi connectivity index (χ1v) is 6.30. The number of H-pyrrole nitrogens is 2. The van der Waals surface area contributed by atoms with Crippen molar-refractivity contribution in [3.05, 3.63) is 32.1 Å². The number of hydrogen-bond acceptors (Lipinski definition) is 4. The molecule has 0 bridgehead atoms. The van der Waals surface area contributed by atoms with Gasteiger partial charge in [0.2, 0.25) is 0 Å². The summed E-state index contributed by atoms with van der Waals surface area (Å²) in [5.41, 5.74) is 5.51. The molecule has 6 N–H and O–H groups in total. The van der Waals surface area contributed by atoms with E-state index in [9.17, 15) is 14.4 Å². The van der Waals surface area contributed by atoms with E-state index in [1.54, 1.807) is 6.92 Å². The Kier molecular flexibility index (Phi) is 5.39. The molecule has 1 amide bonds. The smallest absolute Gasteiger partial charge is 0.325 e. The Morgan fingerprint density at radius 1 is 1.40 bits per heavy atom. The van der Waals surface area contributed by atoms with Gasteiger partial charge in [0.1, 0.15) is 0 Å². The van der Waals surface area contributed by atoms with Gasteiger partial charge < -0.3 is 10.7 Å². The molecule has 8 heteroatoms. The first-order chi connectivity index (χ1) is 9.31. The van der Waals surface area contributed by atoms with Crippen LogP contribution in [0, 0.1) is 12.8 Å². The summed E-state index contributed by atoms with van der Waals surface area (Å²) in [7, 11) is 0. The van der Waals surface area contributed by atoms with E-state index in [0.29, 0.717) is 18.0 Å². The van der Waals surface area contributed by atoms with E-state index >= 15 is 0 Å². The lowest BCUT2D eigenvalue weighted by Gasteiger charge is -2.08. The summed E-state index contributed by atoms with van der Waals surface area (Å²) >= 11 is 0. The Morgan fingerprint density at radius 2 is 2.05 bits per heavy atom. The van der Waals surface area contributed by atoms with Crippen molar-refractivity contribution in [2.75, 3.05) is 0 Å². The maximum Gasteiger partial charge on any atom is 0.325 e. The summed E-state index contributed by atoms with van der Waals surface area (Å²) in [5.74, 6) is 0.0463. The van der Waals surface area contributed by atoms with Gasteiger partial charge >= 0.3 is 5.69 Å². The molecule has 20 heavy (non-hydrogen) atoms. The van der Waals surface area contributed by atoms with Crippen LogP contribution in [0.15, 0.2) is 14.7 Å². The SMILES string of the molecule is Cc1[nH]c(=O)[nH]c(=O)c1/C=N/NC(=O)C([NH3+])CC(C)C.